The van der Waals surface area contributed by atoms with E-state index in [4.69, 9.17) is 28.9 Å². The van der Waals surface area contributed by atoms with Gasteiger partial charge in [0.2, 0.25) is 0 Å². The molecule has 20 heavy (non-hydrogen) atoms. The molecule has 1 atom stereocenters. The predicted octanol–water partition coefficient (Wildman–Crippen LogP) is 5.28. The minimum atomic E-state index is -0.848. The minimum absolute atomic E-state index is 0.163. The first kappa shape index (κ1) is 15.7. The van der Waals surface area contributed by atoms with Gasteiger partial charge in [-0.05, 0) is 42.3 Å². The van der Waals surface area contributed by atoms with Crippen molar-refractivity contribution in [1.82, 2.24) is 0 Å². The molecule has 1 nitrogen and oxygen atoms in total. The maximum Gasteiger partial charge on any atom is 0.132 e. The van der Waals surface area contributed by atoms with Gasteiger partial charge in [0.05, 0.1) is 0 Å². The Hall–Kier alpha value is -0.680. The SMILES string of the molecule is NC(Cc1cc(Cl)ccc1Cl)c1c(F)cc(Br)cc1F. The number of nitrogens with two attached hydrogens (primary N) is 1. The highest BCUT2D eigenvalue weighted by molar-refractivity contribution is 9.10. The fraction of sp³-hybridized carbons (Fsp3) is 0.143. The van der Waals surface area contributed by atoms with Crippen molar-refractivity contribution in [2.45, 2.75) is 12.5 Å². The molecule has 0 heterocycles. The molecule has 2 aromatic rings. The molecule has 0 radical (unpaired) electrons. The first-order valence-corrected chi connectivity index (χ1v) is 7.27. The van der Waals surface area contributed by atoms with Crippen molar-refractivity contribution in [3.05, 3.63) is 67.6 Å². The molecule has 0 aromatic heterocycles. The Morgan fingerprint density at radius 1 is 1.10 bits per heavy atom. The van der Waals surface area contributed by atoms with Gasteiger partial charge in [0.1, 0.15) is 11.6 Å². The second-order valence-corrected chi connectivity index (χ2v) is 6.09. The highest BCUT2D eigenvalue weighted by Gasteiger charge is 2.19. The zero-order valence-electron chi connectivity index (χ0n) is 10.1. The van der Waals surface area contributed by atoms with Crippen LogP contribution in [0, 0.1) is 11.6 Å². The van der Waals surface area contributed by atoms with Gasteiger partial charge in [0, 0.05) is 26.1 Å². The summed E-state index contributed by atoms with van der Waals surface area (Å²) in [6, 6.07) is 6.41. The summed E-state index contributed by atoms with van der Waals surface area (Å²) in [5, 5.41) is 0.955. The van der Waals surface area contributed by atoms with Crippen LogP contribution < -0.4 is 5.73 Å². The van der Waals surface area contributed by atoms with Gasteiger partial charge in [-0.25, -0.2) is 8.78 Å². The number of hydrogen-bond acceptors (Lipinski definition) is 1. The number of benzene rings is 2. The summed E-state index contributed by atoms with van der Waals surface area (Å²) in [7, 11) is 0. The molecule has 2 N–H and O–H groups in total. The maximum absolute atomic E-state index is 13.8. The quantitative estimate of drug-likeness (QED) is 0.770. The fourth-order valence-electron chi connectivity index (χ4n) is 1.95. The van der Waals surface area contributed by atoms with Crippen molar-refractivity contribution in [2.75, 3.05) is 0 Å². The van der Waals surface area contributed by atoms with E-state index < -0.39 is 17.7 Å². The molecule has 0 aliphatic rings. The van der Waals surface area contributed by atoms with Gasteiger partial charge in [0.15, 0.2) is 0 Å². The van der Waals surface area contributed by atoms with Crippen LogP contribution in [0.1, 0.15) is 17.2 Å². The maximum atomic E-state index is 13.8. The summed E-state index contributed by atoms with van der Waals surface area (Å²) in [6.45, 7) is 0. The van der Waals surface area contributed by atoms with E-state index >= 15 is 0 Å². The highest BCUT2D eigenvalue weighted by Crippen LogP contribution is 2.29. The van der Waals surface area contributed by atoms with E-state index in [2.05, 4.69) is 15.9 Å². The fourth-order valence-corrected chi connectivity index (χ4v) is 2.74. The Bertz CT molecular complexity index is 626. The van der Waals surface area contributed by atoms with E-state index in [1.807, 2.05) is 0 Å². The van der Waals surface area contributed by atoms with Crippen LogP contribution >= 0.6 is 39.1 Å². The minimum Gasteiger partial charge on any atom is -0.323 e. The van der Waals surface area contributed by atoms with E-state index in [0.29, 0.717) is 20.1 Å². The summed E-state index contributed by atoms with van der Waals surface area (Å²) in [5.41, 5.74) is 6.38. The Labute approximate surface area is 133 Å². The lowest BCUT2D eigenvalue weighted by Gasteiger charge is -2.15. The van der Waals surface area contributed by atoms with E-state index in [1.54, 1.807) is 18.2 Å². The van der Waals surface area contributed by atoms with Gasteiger partial charge in [-0.2, -0.15) is 0 Å². The van der Waals surface area contributed by atoms with E-state index in [0.717, 1.165) is 0 Å². The highest BCUT2D eigenvalue weighted by atomic mass is 79.9. The zero-order valence-corrected chi connectivity index (χ0v) is 13.2. The molecule has 0 aliphatic carbocycles. The average molecular weight is 381 g/mol. The standard InChI is InChI=1S/C14H10BrCl2F2N/c15-8-5-11(18)14(12(19)6-8)13(20)4-7-3-9(16)1-2-10(7)17/h1-3,5-6,13H,4,20H2. The van der Waals surface area contributed by atoms with Crippen LogP contribution in [0.4, 0.5) is 8.78 Å². The summed E-state index contributed by atoms with van der Waals surface area (Å²) >= 11 is 14.9. The molecule has 106 valence electrons. The molecule has 2 rings (SSSR count). The van der Waals surface area contributed by atoms with Crippen LogP contribution in [0.25, 0.3) is 0 Å². The predicted molar refractivity (Wildman–Crippen MR) is 81.2 cm³/mol. The lowest BCUT2D eigenvalue weighted by molar-refractivity contribution is 0.523. The number of rotatable bonds is 3. The molecule has 0 aliphatic heterocycles. The summed E-state index contributed by atoms with van der Waals surface area (Å²) in [5.74, 6) is -1.38. The topological polar surface area (TPSA) is 26.0 Å². The van der Waals surface area contributed by atoms with Crippen LogP contribution in [0.2, 0.25) is 10.0 Å². The Kier molecular flexibility index (Phi) is 5.02. The molecular formula is C14H10BrCl2F2N. The molecule has 2 aromatic carbocycles. The van der Waals surface area contributed by atoms with Crippen LogP contribution in [-0.4, -0.2) is 0 Å². The molecule has 0 fully saturated rings. The number of hydrogen-bond donors (Lipinski definition) is 1. The van der Waals surface area contributed by atoms with Crippen molar-refractivity contribution >= 4 is 39.1 Å². The summed E-state index contributed by atoms with van der Waals surface area (Å²) < 4.78 is 28.0. The van der Waals surface area contributed by atoms with Crippen molar-refractivity contribution in [3.63, 3.8) is 0 Å². The van der Waals surface area contributed by atoms with Gasteiger partial charge in [-0.3, -0.25) is 0 Å². The first-order chi connectivity index (χ1) is 9.38. The van der Waals surface area contributed by atoms with Gasteiger partial charge < -0.3 is 5.73 Å². The van der Waals surface area contributed by atoms with Gasteiger partial charge in [-0.1, -0.05) is 39.1 Å². The third-order valence-electron chi connectivity index (χ3n) is 2.86. The summed E-state index contributed by atoms with van der Waals surface area (Å²) in [4.78, 5) is 0. The molecule has 6 heteroatoms. The molecule has 0 saturated heterocycles. The lowest BCUT2D eigenvalue weighted by Crippen LogP contribution is -2.17. The third-order valence-corrected chi connectivity index (χ3v) is 3.92. The number of halogens is 5. The molecule has 0 bridgehead atoms. The van der Waals surface area contributed by atoms with Crippen molar-refractivity contribution in [2.24, 2.45) is 5.73 Å². The largest absolute Gasteiger partial charge is 0.323 e. The Balaban J connectivity index is 2.33. The second kappa shape index (κ2) is 6.39. The van der Waals surface area contributed by atoms with E-state index in [1.165, 1.54) is 12.1 Å². The van der Waals surface area contributed by atoms with Gasteiger partial charge >= 0.3 is 0 Å². The van der Waals surface area contributed by atoms with Crippen LogP contribution in [0.3, 0.4) is 0 Å². The van der Waals surface area contributed by atoms with Gasteiger partial charge in [-0.15, -0.1) is 0 Å². The molecule has 0 saturated carbocycles. The molecule has 1 unspecified atom stereocenters. The van der Waals surface area contributed by atoms with Crippen LogP contribution in [-0.2, 0) is 6.42 Å². The zero-order chi connectivity index (χ0) is 14.9. The molecule has 0 spiro atoms. The van der Waals surface area contributed by atoms with Crippen LogP contribution in [0.5, 0.6) is 0 Å². The Morgan fingerprint density at radius 2 is 1.70 bits per heavy atom. The lowest BCUT2D eigenvalue weighted by atomic mass is 9.98. The van der Waals surface area contributed by atoms with Crippen molar-refractivity contribution in [1.29, 1.82) is 0 Å². The van der Waals surface area contributed by atoms with Crippen molar-refractivity contribution in [3.8, 4) is 0 Å². The first-order valence-electron chi connectivity index (χ1n) is 5.72. The second-order valence-electron chi connectivity index (χ2n) is 4.33. The molecule has 0 amide bonds. The smallest absolute Gasteiger partial charge is 0.132 e. The van der Waals surface area contributed by atoms with Crippen molar-refractivity contribution < 1.29 is 8.78 Å². The third kappa shape index (κ3) is 3.50. The van der Waals surface area contributed by atoms with E-state index in [9.17, 15) is 8.78 Å². The summed E-state index contributed by atoms with van der Waals surface area (Å²) in [6.07, 6.45) is 0.189. The Morgan fingerprint density at radius 3 is 2.30 bits per heavy atom. The molecular weight excluding hydrogens is 371 g/mol. The monoisotopic (exact) mass is 379 g/mol. The average Bonchev–Trinajstić information content (AvgIpc) is 2.32. The van der Waals surface area contributed by atoms with Gasteiger partial charge in [0.25, 0.3) is 0 Å². The van der Waals surface area contributed by atoms with Crippen LogP contribution in [0.15, 0.2) is 34.8 Å². The van der Waals surface area contributed by atoms with E-state index in [-0.39, 0.29) is 12.0 Å². The normalized spacial score (nSPS) is 12.5.